The van der Waals surface area contributed by atoms with E-state index in [-0.39, 0.29) is 6.54 Å². The van der Waals surface area contributed by atoms with Gasteiger partial charge in [0, 0.05) is 17.5 Å². The number of hydrogen-bond donors (Lipinski definition) is 1. The molecule has 0 amide bonds. The molecule has 0 bridgehead atoms. The molecule has 0 spiro atoms. The number of rotatable bonds is 4. The zero-order valence-electron chi connectivity index (χ0n) is 10.9. The molecule has 0 aliphatic rings. The zero-order chi connectivity index (χ0) is 14.1. The van der Waals surface area contributed by atoms with Crippen LogP contribution in [-0.4, -0.2) is 25.6 Å². The Labute approximate surface area is 119 Å². The van der Waals surface area contributed by atoms with Crippen molar-refractivity contribution in [2.24, 2.45) is 0 Å². The van der Waals surface area contributed by atoms with Crippen molar-refractivity contribution >= 4 is 28.5 Å². The molecule has 0 unspecified atom stereocenters. The van der Waals surface area contributed by atoms with Gasteiger partial charge in [-0.15, -0.1) is 11.3 Å². The van der Waals surface area contributed by atoms with E-state index in [4.69, 9.17) is 5.11 Å². The Kier molecular flexibility index (Phi) is 3.23. The van der Waals surface area contributed by atoms with Gasteiger partial charge < -0.3 is 9.67 Å². The Morgan fingerprint density at radius 1 is 1.50 bits per heavy atom. The van der Waals surface area contributed by atoms with Crippen molar-refractivity contribution < 1.29 is 9.90 Å². The predicted octanol–water partition coefficient (Wildman–Crippen LogP) is 2.48. The van der Waals surface area contributed by atoms with Crippen LogP contribution in [-0.2, 0) is 17.8 Å². The lowest BCUT2D eigenvalue weighted by Crippen LogP contribution is -2.12. The third-order valence-electron chi connectivity index (χ3n) is 3.01. The van der Waals surface area contributed by atoms with E-state index in [0.717, 1.165) is 21.8 Å². The Morgan fingerprint density at radius 3 is 3.05 bits per heavy atom. The highest BCUT2D eigenvalue weighted by atomic mass is 32.1. The minimum atomic E-state index is -0.890. The summed E-state index contributed by atoms with van der Waals surface area (Å²) >= 11 is 1.64. The minimum Gasteiger partial charge on any atom is -0.480 e. The van der Waals surface area contributed by atoms with Crippen LogP contribution in [0.4, 0.5) is 0 Å². The number of carbonyl (C=O) groups is 1. The molecule has 6 heteroatoms. The second-order valence-electron chi connectivity index (χ2n) is 4.62. The zero-order valence-corrected chi connectivity index (χ0v) is 11.7. The second kappa shape index (κ2) is 5.05. The van der Waals surface area contributed by atoms with E-state index in [1.54, 1.807) is 22.1 Å². The average Bonchev–Trinajstić information content (AvgIpc) is 2.98. The lowest BCUT2D eigenvalue weighted by Gasteiger charge is -2.04. The first-order chi connectivity index (χ1) is 9.63. The Hall–Kier alpha value is -2.21. The van der Waals surface area contributed by atoms with E-state index >= 15 is 0 Å². The molecule has 0 radical (unpaired) electrons. The number of aromatic nitrogens is 3. The normalized spacial score (nSPS) is 11.1. The first-order valence-corrected chi connectivity index (χ1v) is 7.07. The summed E-state index contributed by atoms with van der Waals surface area (Å²) in [7, 11) is 0. The van der Waals surface area contributed by atoms with Crippen LogP contribution in [0.5, 0.6) is 0 Å². The molecule has 1 N–H and O–H groups in total. The van der Waals surface area contributed by atoms with Crippen molar-refractivity contribution in [2.75, 3.05) is 0 Å². The number of imidazole rings is 1. The summed E-state index contributed by atoms with van der Waals surface area (Å²) < 4.78 is 1.68. The van der Waals surface area contributed by atoms with E-state index in [2.05, 4.69) is 9.97 Å². The van der Waals surface area contributed by atoms with Crippen LogP contribution in [0.3, 0.4) is 0 Å². The summed E-state index contributed by atoms with van der Waals surface area (Å²) in [6.45, 7) is 1.83. The van der Waals surface area contributed by atoms with Crippen LogP contribution in [0, 0.1) is 6.92 Å². The topological polar surface area (TPSA) is 68.0 Å². The fraction of sp³-hybridized carbons (Fsp3) is 0.214. The number of carboxylic acids is 1. The number of nitrogens with zero attached hydrogens (tertiary/aromatic N) is 3. The molecule has 5 nitrogen and oxygen atoms in total. The number of thiophene rings is 1. The molecule has 3 rings (SSSR count). The van der Waals surface area contributed by atoms with Gasteiger partial charge in [0.1, 0.15) is 17.9 Å². The number of aliphatic carboxylic acids is 1. The van der Waals surface area contributed by atoms with Crippen molar-refractivity contribution in [3.05, 3.63) is 46.0 Å². The summed E-state index contributed by atoms with van der Waals surface area (Å²) in [5, 5.41) is 11.1. The van der Waals surface area contributed by atoms with Crippen LogP contribution in [0.25, 0.3) is 11.2 Å². The van der Waals surface area contributed by atoms with E-state index in [1.807, 2.05) is 30.5 Å². The monoisotopic (exact) mass is 287 g/mol. The standard InChI is InChI=1S/C14H13N3O2S/c1-9-5-11-14(15-7-9)17(8-13(18)19)12(16-11)6-10-3-2-4-20-10/h2-5,7H,6,8H2,1H3,(H,18,19). The van der Waals surface area contributed by atoms with Crippen molar-refractivity contribution in [3.8, 4) is 0 Å². The van der Waals surface area contributed by atoms with Crippen molar-refractivity contribution in [1.82, 2.24) is 14.5 Å². The van der Waals surface area contributed by atoms with E-state index in [0.29, 0.717) is 12.1 Å². The van der Waals surface area contributed by atoms with Crippen LogP contribution in [0.2, 0.25) is 0 Å². The fourth-order valence-corrected chi connectivity index (χ4v) is 2.87. The van der Waals surface area contributed by atoms with Crippen molar-refractivity contribution in [3.63, 3.8) is 0 Å². The third-order valence-corrected chi connectivity index (χ3v) is 3.88. The Balaban J connectivity index is 2.10. The SMILES string of the molecule is Cc1cnc2c(c1)nc(Cc1cccs1)n2CC(=O)O. The van der Waals surface area contributed by atoms with Crippen molar-refractivity contribution in [1.29, 1.82) is 0 Å². The highest BCUT2D eigenvalue weighted by molar-refractivity contribution is 7.09. The number of fused-ring (bicyclic) bond motifs is 1. The fourth-order valence-electron chi connectivity index (χ4n) is 2.16. The molecule has 0 aliphatic carbocycles. The van der Waals surface area contributed by atoms with Crippen LogP contribution >= 0.6 is 11.3 Å². The smallest absolute Gasteiger partial charge is 0.323 e. The molecule has 3 heterocycles. The van der Waals surface area contributed by atoms with Gasteiger partial charge in [-0.1, -0.05) is 6.07 Å². The lowest BCUT2D eigenvalue weighted by atomic mass is 10.3. The molecular weight excluding hydrogens is 274 g/mol. The van der Waals surface area contributed by atoms with Gasteiger partial charge in [0.25, 0.3) is 0 Å². The maximum absolute atomic E-state index is 11.1. The number of carboxylic acid groups (broad SMARTS) is 1. The number of hydrogen-bond acceptors (Lipinski definition) is 4. The molecule has 0 saturated carbocycles. The molecule has 0 atom stereocenters. The number of pyridine rings is 1. The first-order valence-electron chi connectivity index (χ1n) is 6.19. The summed E-state index contributed by atoms with van der Waals surface area (Å²) in [5.41, 5.74) is 2.39. The Morgan fingerprint density at radius 2 is 2.35 bits per heavy atom. The van der Waals surface area contributed by atoms with Gasteiger partial charge in [0.2, 0.25) is 0 Å². The van der Waals surface area contributed by atoms with E-state index < -0.39 is 5.97 Å². The molecule has 102 valence electrons. The molecule has 3 aromatic heterocycles. The van der Waals surface area contributed by atoms with Gasteiger partial charge in [-0.25, -0.2) is 9.97 Å². The van der Waals surface area contributed by atoms with Gasteiger partial charge in [0.05, 0.1) is 0 Å². The third kappa shape index (κ3) is 2.42. The largest absolute Gasteiger partial charge is 0.480 e. The molecule has 3 aromatic rings. The van der Waals surface area contributed by atoms with Crippen LogP contribution < -0.4 is 0 Å². The second-order valence-corrected chi connectivity index (χ2v) is 5.65. The molecule has 0 saturated heterocycles. The summed E-state index contributed by atoms with van der Waals surface area (Å²) in [5.74, 6) is -0.151. The van der Waals surface area contributed by atoms with Crippen LogP contribution in [0.15, 0.2) is 29.8 Å². The summed E-state index contributed by atoms with van der Waals surface area (Å²) in [6, 6.07) is 5.93. The minimum absolute atomic E-state index is 0.118. The van der Waals surface area contributed by atoms with Gasteiger partial charge in [-0.2, -0.15) is 0 Å². The number of aryl methyl sites for hydroxylation is 1. The van der Waals surface area contributed by atoms with Gasteiger partial charge >= 0.3 is 5.97 Å². The van der Waals surface area contributed by atoms with E-state index in [1.165, 1.54) is 0 Å². The van der Waals surface area contributed by atoms with Crippen molar-refractivity contribution in [2.45, 2.75) is 19.9 Å². The van der Waals surface area contributed by atoms with Crippen LogP contribution in [0.1, 0.15) is 16.3 Å². The molecular formula is C14H13N3O2S. The van der Waals surface area contributed by atoms with Gasteiger partial charge in [-0.05, 0) is 30.0 Å². The molecule has 20 heavy (non-hydrogen) atoms. The highest BCUT2D eigenvalue weighted by Crippen LogP contribution is 2.20. The molecule has 0 aliphatic heterocycles. The van der Waals surface area contributed by atoms with Gasteiger partial charge in [0.15, 0.2) is 5.65 Å². The molecule has 0 aromatic carbocycles. The highest BCUT2D eigenvalue weighted by Gasteiger charge is 2.15. The quantitative estimate of drug-likeness (QED) is 0.800. The first kappa shape index (κ1) is 12.8. The Bertz CT molecular complexity index is 762. The maximum atomic E-state index is 11.1. The molecule has 0 fully saturated rings. The van der Waals surface area contributed by atoms with Gasteiger partial charge in [-0.3, -0.25) is 4.79 Å². The van der Waals surface area contributed by atoms with E-state index in [9.17, 15) is 4.79 Å². The summed E-state index contributed by atoms with van der Waals surface area (Å²) in [6.07, 6.45) is 2.36. The lowest BCUT2D eigenvalue weighted by molar-refractivity contribution is -0.137. The predicted molar refractivity (Wildman–Crippen MR) is 77.0 cm³/mol. The maximum Gasteiger partial charge on any atom is 0.323 e. The average molecular weight is 287 g/mol. The summed E-state index contributed by atoms with van der Waals surface area (Å²) in [4.78, 5) is 21.1.